The first-order valence-electron chi connectivity index (χ1n) is 6.98. The fourth-order valence-corrected chi connectivity index (χ4v) is 2.11. The van der Waals surface area contributed by atoms with Gasteiger partial charge in [-0.1, -0.05) is 34.8 Å². The van der Waals surface area contributed by atoms with Crippen LogP contribution in [0.1, 0.15) is 6.92 Å². The quantitative estimate of drug-likeness (QED) is 0.392. The third-order valence-electron chi connectivity index (χ3n) is 2.70. The monoisotopic (exact) mass is 412 g/mol. The summed E-state index contributed by atoms with van der Waals surface area (Å²) in [5, 5.41) is 8.43. The lowest BCUT2D eigenvalue weighted by atomic mass is 10.3. The average Bonchev–Trinajstić information content (AvgIpc) is 2.47. The molecular formula is C14H19Cl3N4O2S. The summed E-state index contributed by atoms with van der Waals surface area (Å²) in [5.74, 6) is 0.749. The number of carbonyl (C=O) groups is 1. The summed E-state index contributed by atoms with van der Waals surface area (Å²) in [6.45, 7) is 2.49. The minimum absolute atomic E-state index is 0.189. The fourth-order valence-electron chi connectivity index (χ4n) is 1.55. The van der Waals surface area contributed by atoms with Crippen molar-refractivity contribution in [3.63, 3.8) is 0 Å². The molecule has 0 spiro atoms. The Kier molecular flexibility index (Phi) is 8.15. The highest BCUT2D eigenvalue weighted by Gasteiger charge is 2.35. The average molecular weight is 414 g/mol. The standard InChI is InChI=1S/C14H19Cl3N4O2S/c1-4-23-10-7-5-9(6-8-10)18-12(24)19-11(14(15,16)17)20-13(22)21(2)3/h5-8,11H,4H2,1-3H3,(H,20,22)(H2,18,19,24)/t11-/m1/s1. The lowest BCUT2D eigenvalue weighted by Crippen LogP contribution is -2.57. The molecule has 0 heterocycles. The van der Waals surface area contributed by atoms with Gasteiger partial charge in [0.05, 0.1) is 6.61 Å². The molecule has 1 atom stereocenters. The van der Waals surface area contributed by atoms with Crippen LogP contribution in [0.15, 0.2) is 24.3 Å². The molecule has 3 N–H and O–H groups in total. The normalized spacial score (nSPS) is 12.1. The van der Waals surface area contributed by atoms with E-state index < -0.39 is 16.0 Å². The molecule has 2 amide bonds. The fraction of sp³-hybridized carbons (Fsp3) is 0.429. The molecule has 0 aliphatic carbocycles. The number of nitrogens with one attached hydrogen (secondary N) is 3. The van der Waals surface area contributed by atoms with E-state index in [-0.39, 0.29) is 5.11 Å². The van der Waals surface area contributed by atoms with Crippen LogP contribution in [0.25, 0.3) is 0 Å². The van der Waals surface area contributed by atoms with E-state index in [9.17, 15) is 4.79 Å². The third-order valence-corrected chi connectivity index (χ3v) is 3.57. The van der Waals surface area contributed by atoms with Gasteiger partial charge < -0.3 is 25.6 Å². The first kappa shape index (κ1) is 20.9. The molecule has 0 aromatic heterocycles. The van der Waals surface area contributed by atoms with Gasteiger partial charge in [0.15, 0.2) is 11.3 Å². The van der Waals surface area contributed by atoms with E-state index in [0.717, 1.165) is 11.4 Å². The van der Waals surface area contributed by atoms with Crippen molar-refractivity contribution in [1.82, 2.24) is 15.5 Å². The number of urea groups is 1. The summed E-state index contributed by atoms with van der Waals surface area (Å²) in [6, 6.07) is 6.76. The minimum Gasteiger partial charge on any atom is -0.494 e. The highest BCUT2D eigenvalue weighted by atomic mass is 35.6. The minimum atomic E-state index is -1.80. The van der Waals surface area contributed by atoms with Crippen LogP contribution in [0.2, 0.25) is 0 Å². The number of halogens is 3. The Hall–Kier alpha value is -1.15. The first-order valence-corrected chi connectivity index (χ1v) is 8.52. The number of alkyl halides is 3. The number of benzene rings is 1. The second-order valence-electron chi connectivity index (χ2n) is 4.87. The summed E-state index contributed by atoms with van der Waals surface area (Å²) in [6.07, 6.45) is -1.01. The predicted molar refractivity (Wildman–Crippen MR) is 103 cm³/mol. The van der Waals surface area contributed by atoms with E-state index in [0.29, 0.717) is 6.61 Å². The SMILES string of the molecule is CCOc1ccc(NC(=S)N[C@H](NC(=O)N(C)C)C(Cl)(Cl)Cl)cc1. The van der Waals surface area contributed by atoms with E-state index in [1.807, 2.05) is 6.92 Å². The van der Waals surface area contributed by atoms with Crippen molar-refractivity contribution in [2.75, 3.05) is 26.0 Å². The van der Waals surface area contributed by atoms with E-state index in [1.54, 1.807) is 38.4 Å². The summed E-state index contributed by atoms with van der Waals surface area (Å²) >= 11 is 22.8. The number of carbonyl (C=O) groups excluding carboxylic acids is 1. The van der Waals surface area contributed by atoms with Gasteiger partial charge in [0, 0.05) is 19.8 Å². The molecule has 0 fully saturated rings. The molecule has 0 radical (unpaired) electrons. The maximum atomic E-state index is 11.8. The van der Waals surface area contributed by atoms with Crippen LogP contribution in [0.5, 0.6) is 5.75 Å². The van der Waals surface area contributed by atoms with Crippen molar-refractivity contribution in [3.8, 4) is 5.75 Å². The van der Waals surface area contributed by atoms with Crippen molar-refractivity contribution in [3.05, 3.63) is 24.3 Å². The number of amides is 2. The van der Waals surface area contributed by atoms with Crippen LogP contribution in [-0.4, -0.2) is 46.7 Å². The number of hydrogen-bond donors (Lipinski definition) is 3. The molecule has 0 saturated heterocycles. The maximum Gasteiger partial charge on any atom is 0.318 e. The van der Waals surface area contributed by atoms with Gasteiger partial charge in [-0.3, -0.25) is 0 Å². The molecule has 6 nitrogen and oxygen atoms in total. The summed E-state index contributed by atoms with van der Waals surface area (Å²) in [5.41, 5.74) is 0.720. The molecule has 0 aliphatic rings. The van der Waals surface area contributed by atoms with Gasteiger partial charge in [0.1, 0.15) is 5.75 Å². The van der Waals surface area contributed by atoms with Gasteiger partial charge in [-0.2, -0.15) is 0 Å². The molecule has 24 heavy (non-hydrogen) atoms. The molecule has 0 bridgehead atoms. The van der Waals surface area contributed by atoms with E-state index >= 15 is 0 Å². The largest absolute Gasteiger partial charge is 0.494 e. The smallest absolute Gasteiger partial charge is 0.318 e. The number of anilines is 1. The molecule has 10 heteroatoms. The van der Waals surface area contributed by atoms with E-state index in [1.165, 1.54) is 4.90 Å². The van der Waals surface area contributed by atoms with Crippen molar-refractivity contribution < 1.29 is 9.53 Å². The topological polar surface area (TPSA) is 65.6 Å². The summed E-state index contributed by atoms with van der Waals surface area (Å²) in [4.78, 5) is 13.1. The second-order valence-corrected chi connectivity index (χ2v) is 7.65. The highest BCUT2D eigenvalue weighted by Crippen LogP contribution is 2.29. The van der Waals surface area contributed by atoms with Crippen LogP contribution in [0.4, 0.5) is 10.5 Å². The Morgan fingerprint density at radius 3 is 2.29 bits per heavy atom. The zero-order chi connectivity index (χ0) is 18.3. The Morgan fingerprint density at radius 1 is 1.25 bits per heavy atom. The van der Waals surface area contributed by atoms with Crippen LogP contribution < -0.4 is 20.7 Å². The first-order chi connectivity index (χ1) is 11.1. The number of thiocarbonyl (C=S) groups is 1. The Bertz CT molecular complexity index is 564. The van der Waals surface area contributed by atoms with Crippen LogP contribution in [0, 0.1) is 0 Å². The van der Waals surface area contributed by atoms with Crippen molar-refractivity contribution >= 4 is 63.9 Å². The molecule has 1 rings (SSSR count). The lowest BCUT2D eigenvalue weighted by Gasteiger charge is -2.28. The van der Waals surface area contributed by atoms with Crippen LogP contribution in [0.3, 0.4) is 0 Å². The number of hydrogen-bond acceptors (Lipinski definition) is 3. The lowest BCUT2D eigenvalue weighted by molar-refractivity contribution is 0.212. The summed E-state index contributed by atoms with van der Waals surface area (Å²) < 4.78 is 3.57. The Balaban J connectivity index is 2.69. The van der Waals surface area contributed by atoms with Gasteiger partial charge in [-0.25, -0.2) is 4.79 Å². The van der Waals surface area contributed by atoms with Crippen molar-refractivity contribution in [2.45, 2.75) is 16.9 Å². The number of ether oxygens (including phenoxy) is 1. The van der Waals surface area contributed by atoms with Gasteiger partial charge in [-0.15, -0.1) is 0 Å². The Morgan fingerprint density at radius 2 is 1.83 bits per heavy atom. The molecule has 0 unspecified atom stereocenters. The van der Waals surface area contributed by atoms with Gasteiger partial charge in [-0.05, 0) is 43.4 Å². The van der Waals surface area contributed by atoms with Gasteiger partial charge >= 0.3 is 6.03 Å². The van der Waals surface area contributed by atoms with Crippen molar-refractivity contribution in [2.24, 2.45) is 0 Å². The van der Waals surface area contributed by atoms with Crippen LogP contribution >= 0.6 is 47.0 Å². The third kappa shape index (κ3) is 7.17. The van der Waals surface area contributed by atoms with E-state index in [4.69, 9.17) is 51.8 Å². The summed E-state index contributed by atoms with van der Waals surface area (Å²) in [7, 11) is 3.14. The number of nitrogens with zero attached hydrogens (tertiary/aromatic N) is 1. The van der Waals surface area contributed by atoms with Crippen LogP contribution in [-0.2, 0) is 0 Å². The zero-order valence-corrected chi connectivity index (χ0v) is 16.5. The predicted octanol–water partition coefficient (Wildman–Crippen LogP) is 3.34. The maximum absolute atomic E-state index is 11.8. The number of rotatable bonds is 5. The molecule has 134 valence electrons. The Labute approximate surface area is 161 Å². The second kappa shape index (κ2) is 9.36. The highest BCUT2D eigenvalue weighted by molar-refractivity contribution is 7.80. The molecule has 0 saturated carbocycles. The van der Waals surface area contributed by atoms with Gasteiger partial charge in [0.2, 0.25) is 3.79 Å². The zero-order valence-electron chi connectivity index (χ0n) is 13.4. The molecule has 1 aromatic rings. The van der Waals surface area contributed by atoms with E-state index in [2.05, 4.69) is 16.0 Å². The van der Waals surface area contributed by atoms with Gasteiger partial charge in [0.25, 0.3) is 0 Å². The molecular weight excluding hydrogens is 395 g/mol. The van der Waals surface area contributed by atoms with Crippen molar-refractivity contribution in [1.29, 1.82) is 0 Å². The molecule has 0 aliphatic heterocycles. The molecule has 1 aromatic carbocycles.